The van der Waals surface area contributed by atoms with Gasteiger partial charge in [0.1, 0.15) is 0 Å². The summed E-state index contributed by atoms with van der Waals surface area (Å²) in [5.41, 5.74) is 2.03. The highest BCUT2D eigenvalue weighted by Crippen LogP contribution is 2.21. The third-order valence-corrected chi connectivity index (χ3v) is 6.55. The Bertz CT molecular complexity index is 847. The standard InChI is InChI=1S/C21H34O2.C12H16O2/c1-4-6-8-10-14-19(13-7-5-2)17-23-21(22)18(3)20-15-11-9-12-16-20;1-9(2)14-12(13)10(3)11-7-5-4-6-8-11/h9,11-12,15-16,18-19H,4-8,10,13-14,17H2,1-3H3;4-10H,1-3H3. The van der Waals surface area contributed by atoms with Crippen LogP contribution in [0, 0.1) is 5.92 Å². The van der Waals surface area contributed by atoms with Crippen LogP contribution in [0.25, 0.3) is 0 Å². The molecule has 2 aromatic carbocycles. The van der Waals surface area contributed by atoms with Gasteiger partial charge in [-0.3, -0.25) is 9.59 Å². The van der Waals surface area contributed by atoms with Crippen LogP contribution in [0.5, 0.6) is 0 Å². The Morgan fingerprint density at radius 1 is 0.649 bits per heavy atom. The lowest BCUT2D eigenvalue weighted by molar-refractivity contribution is -0.149. The van der Waals surface area contributed by atoms with Gasteiger partial charge in [-0.15, -0.1) is 0 Å². The van der Waals surface area contributed by atoms with Crippen LogP contribution in [-0.2, 0) is 19.1 Å². The molecule has 0 spiro atoms. The van der Waals surface area contributed by atoms with Gasteiger partial charge in [0.05, 0.1) is 24.5 Å². The predicted molar refractivity (Wildman–Crippen MR) is 154 cm³/mol. The summed E-state index contributed by atoms with van der Waals surface area (Å²) < 4.78 is 10.8. The molecule has 0 N–H and O–H groups in total. The zero-order chi connectivity index (χ0) is 27.5. The highest BCUT2D eigenvalue weighted by Gasteiger charge is 2.19. The van der Waals surface area contributed by atoms with E-state index >= 15 is 0 Å². The number of esters is 2. The van der Waals surface area contributed by atoms with Crippen molar-refractivity contribution in [1.82, 2.24) is 0 Å². The number of rotatable bonds is 15. The molecule has 0 amide bonds. The van der Waals surface area contributed by atoms with E-state index in [1.807, 2.05) is 88.4 Å². The van der Waals surface area contributed by atoms with Gasteiger partial charge in [0, 0.05) is 0 Å². The molecule has 2 aromatic rings. The quantitative estimate of drug-likeness (QED) is 0.177. The van der Waals surface area contributed by atoms with Crippen molar-refractivity contribution < 1.29 is 19.1 Å². The molecule has 206 valence electrons. The van der Waals surface area contributed by atoms with E-state index in [0.29, 0.717) is 12.5 Å². The van der Waals surface area contributed by atoms with Gasteiger partial charge in [-0.25, -0.2) is 0 Å². The Morgan fingerprint density at radius 3 is 1.62 bits per heavy atom. The van der Waals surface area contributed by atoms with Gasteiger partial charge >= 0.3 is 11.9 Å². The Hall–Kier alpha value is -2.62. The Morgan fingerprint density at radius 2 is 1.14 bits per heavy atom. The minimum Gasteiger partial charge on any atom is -0.465 e. The second kappa shape index (κ2) is 19.5. The topological polar surface area (TPSA) is 52.6 Å². The summed E-state index contributed by atoms with van der Waals surface area (Å²) in [4.78, 5) is 23.8. The van der Waals surface area contributed by atoms with Gasteiger partial charge in [-0.05, 0) is 57.6 Å². The van der Waals surface area contributed by atoms with Gasteiger partial charge in [-0.2, -0.15) is 0 Å². The second-order valence-electron chi connectivity index (χ2n) is 10.2. The largest absolute Gasteiger partial charge is 0.465 e. The zero-order valence-electron chi connectivity index (χ0n) is 24.1. The van der Waals surface area contributed by atoms with Crippen molar-refractivity contribution in [3.05, 3.63) is 71.8 Å². The molecule has 0 radical (unpaired) electrons. The van der Waals surface area contributed by atoms with Crippen molar-refractivity contribution in [2.24, 2.45) is 5.92 Å². The molecule has 0 heterocycles. The average molecular weight is 511 g/mol. The molecule has 0 bridgehead atoms. The zero-order valence-corrected chi connectivity index (χ0v) is 24.1. The van der Waals surface area contributed by atoms with E-state index in [9.17, 15) is 9.59 Å². The number of ether oxygens (including phenoxy) is 2. The van der Waals surface area contributed by atoms with Gasteiger partial charge < -0.3 is 9.47 Å². The van der Waals surface area contributed by atoms with Crippen molar-refractivity contribution in [2.45, 2.75) is 111 Å². The average Bonchev–Trinajstić information content (AvgIpc) is 2.92. The maximum absolute atomic E-state index is 12.3. The Balaban J connectivity index is 0.000000417. The molecule has 0 saturated carbocycles. The summed E-state index contributed by atoms with van der Waals surface area (Å²) in [5, 5.41) is 0. The molecular weight excluding hydrogens is 460 g/mol. The van der Waals surface area contributed by atoms with Crippen molar-refractivity contribution in [1.29, 1.82) is 0 Å². The first-order valence-electron chi connectivity index (χ1n) is 14.3. The van der Waals surface area contributed by atoms with Gasteiger partial charge in [0.15, 0.2) is 0 Å². The van der Waals surface area contributed by atoms with Gasteiger partial charge in [0.2, 0.25) is 0 Å². The van der Waals surface area contributed by atoms with E-state index in [1.54, 1.807) is 0 Å². The molecule has 0 fully saturated rings. The van der Waals surface area contributed by atoms with E-state index in [-0.39, 0.29) is 29.9 Å². The summed E-state index contributed by atoms with van der Waals surface area (Å²) in [6.45, 7) is 12.5. The van der Waals surface area contributed by atoms with Crippen LogP contribution in [0.2, 0.25) is 0 Å². The molecule has 4 heteroatoms. The lowest BCUT2D eigenvalue weighted by atomic mass is 9.96. The Labute approximate surface area is 226 Å². The molecule has 3 atom stereocenters. The van der Waals surface area contributed by atoms with Crippen LogP contribution < -0.4 is 0 Å². The van der Waals surface area contributed by atoms with Crippen LogP contribution in [0.3, 0.4) is 0 Å². The fourth-order valence-corrected chi connectivity index (χ4v) is 4.08. The third-order valence-electron chi connectivity index (χ3n) is 6.55. The van der Waals surface area contributed by atoms with Crippen molar-refractivity contribution in [3.8, 4) is 0 Å². The first-order valence-corrected chi connectivity index (χ1v) is 14.3. The van der Waals surface area contributed by atoms with E-state index in [2.05, 4.69) is 13.8 Å². The van der Waals surface area contributed by atoms with E-state index in [1.165, 1.54) is 51.4 Å². The van der Waals surface area contributed by atoms with Crippen molar-refractivity contribution in [3.63, 3.8) is 0 Å². The Kier molecular flexibility index (Phi) is 17.1. The number of carbonyl (C=O) groups is 2. The number of hydrogen-bond acceptors (Lipinski definition) is 4. The summed E-state index contributed by atoms with van der Waals surface area (Å²) in [6, 6.07) is 19.5. The maximum Gasteiger partial charge on any atom is 0.313 e. The normalized spacial score (nSPS) is 13.2. The lowest BCUT2D eigenvalue weighted by Crippen LogP contribution is -2.18. The smallest absolute Gasteiger partial charge is 0.313 e. The molecular formula is C33H50O4. The molecule has 0 saturated heterocycles. The fourth-order valence-electron chi connectivity index (χ4n) is 4.08. The van der Waals surface area contributed by atoms with Crippen molar-refractivity contribution >= 4 is 11.9 Å². The molecule has 0 aliphatic rings. The molecule has 0 aromatic heterocycles. The van der Waals surface area contributed by atoms with Crippen LogP contribution in [0.4, 0.5) is 0 Å². The summed E-state index contributed by atoms with van der Waals surface area (Å²) in [6.07, 6.45) is 9.89. The number of unbranched alkanes of at least 4 members (excludes halogenated alkanes) is 4. The molecule has 0 aliphatic carbocycles. The molecule has 4 nitrogen and oxygen atoms in total. The van der Waals surface area contributed by atoms with E-state index in [4.69, 9.17) is 9.47 Å². The first-order chi connectivity index (χ1) is 17.8. The highest BCUT2D eigenvalue weighted by atomic mass is 16.5. The monoisotopic (exact) mass is 510 g/mol. The fraction of sp³-hybridized carbons (Fsp3) is 0.576. The SMILES string of the molecule is CC(C)OC(=O)C(C)c1ccccc1.CCCCCCC(CCCC)COC(=O)C(C)c1ccccc1. The predicted octanol–water partition coefficient (Wildman–Crippen LogP) is 8.85. The third kappa shape index (κ3) is 14.0. The molecule has 3 unspecified atom stereocenters. The van der Waals surface area contributed by atoms with Gasteiger partial charge in [0.25, 0.3) is 0 Å². The highest BCUT2D eigenvalue weighted by molar-refractivity contribution is 5.78. The van der Waals surface area contributed by atoms with E-state index < -0.39 is 0 Å². The van der Waals surface area contributed by atoms with E-state index in [0.717, 1.165) is 11.1 Å². The lowest BCUT2D eigenvalue weighted by Gasteiger charge is -2.18. The van der Waals surface area contributed by atoms with Crippen LogP contribution in [-0.4, -0.2) is 24.6 Å². The molecule has 2 rings (SSSR count). The van der Waals surface area contributed by atoms with Crippen LogP contribution in [0.1, 0.15) is 116 Å². The minimum absolute atomic E-state index is 0.0475. The number of carbonyl (C=O) groups excluding carboxylic acids is 2. The first kappa shape index (κ1) is 32.4. The number of hydrogen-bond donors (Lipinski definition) is 0. The molecule has 37 heavy (non-hydrogen) atoms. The van der Waals surface area contributed by atoms with Crippen LogP contribution in [0.15, 0.2) is 60.7 Å². The second-order valence-corrected chi connectivity index (χ2v) is 10.2. The van der Waals surface area contributed by atoms with Crippen molar-refractivity contribution in [2.75, 3.05) is 6.61 Å². The number of benzene rings is 2. The summed E-state index contributed by atoms with van der Waals surface area (Å²) in [7, 11) is 0. The summed E-state index contributed by atoms with van der Waals surface area (Å²) in [5.74, 6) is -0.0853. The summed E-state index contributed by atoms with van der Waals surface area (Å²) >= 11 is 0. The maximum atomic E-state index is 12.3. The van der Waals surface area contributed by atoms with Crippen LogP contribution >= 0.6 is 0 Å². The minimum atomic E-state index is -0.182. The molecule has 0 aliphatic heterocycles. The van der Waals surface area contributed by atoms with Gasteiger partial charge in [-0.1, -0.05) is 113 Å².